The molecule has 4 rings (SSSR count). The van der Waals surface area contributed by atoms with Crippen molar-refractivity contribution in [2.24, 2.45) is 0 Å². The number of halogens is 1. The van der Waals surface area contributed by atoms with Gasteiger partial charge in [0.05, 0.1) is 16.8 Å². The minimum absolute atomic E-state index is 0.0647. The van der Waals surface area contributed by atoms with Crippen LogP contribution in [0.2, 0.25) is 5.02 Å². The lowest BCUT2D eigenvalue weighted by Crippen LogP contribution is -2.43. The van der Waals surface area contributed by atoms with Gasteiger partial charge in [-0.3, -0.25) is 14.5 Å². The Morgan fingerprint density at radius 3 is 2.42 bits per heavy atom. The first kappa shape index (κ1) is 23.5. The van der Waals surface area contributed by atoms with Crippen LogP contribution in [0.1, 0.15) is 54.1 Å². The summed E-state index contributed by atoms with van der Waals surface area (Å²) in [6.07, 6.45) is 2.47. The molecule has 1 aromatic heterocycles. The Hall–Kier alpha value is -2.70. The van der Waals surface area contributed by atoms with Crippen LogP contribution >= 0.6 is 22.9 Å². The molecule has 0 N–H and O–H groups in total. The number of aryl methyl sites for hydroxylation is 3. The molecule has 1 amide bonds. The van der Waals surface area contributed by atoms with Gasteiger partial charge >= 0.3 is 5.97 Å². The Labute approximate surface area is 203 Å². The molecule has 172 valence electrons. The fourth-order valence-electron chi connectivity index (χ4n) is 4.58. The number of benzene rings is 2. The van der Waals surface area contributed by atoms with E-state index in [2.05, 4.69) is 17.1 Å². The van der Waals surface area contributed by atoms with Crippen molar-refractivity contribution in [2.45, 2.75) is 59.0 Å². The highest BCUT2D eigenvalue weighted by Gasteiger charge is 2.47. The Bertz CT molecular complexity index is 1190. The number of anilines is 2. The van der Waals surface area contributed by atoms with E-state index >= 15 is 0 Å². The summed E-state index contributed by atoms with van der Waals surface area (Å²) in [6, 6.07) is 11.6. The zero-order chi connectivity index (χ0) is 23.8. The maximum atomic E-state index is 13.1. The molecule has 5 nitrogen and oxygen atoms in total. The van der Waals surface area contributed by atoms with Crippen molar-refractivity contribution in [1.82, 2.24) is 4.98 Å². The van der Waals surface area contributed by atoms with Crippen molar-refractivity contribution in [3.05, 3.63) is 74.7 Å². The van der Waals surface area contributed by atoms with Crippen LogP contribution in [0.25, 0.3) is 0 Å². The highest BCUT2D eigenvalue weighted by molar-refractivity contribution is 7.14. The summed E-state index contributed by atoms with van der Waals surface area (Å²) < 4.78 is 5.71. The monoisotopic (exact) mass is 482 g/mol. The third-order valence-electron chi connectivity index (χ3n) is 6.23. The number of aromatic nitrogens is 1. The summed E-state index contributed by atoms with van der Waals surface area (Å²) in [7, 11) is 0. The molecule has 1 fully saturated rings. The molecule has 0 radical (unpaired) electrons. The molecule has 0 atom stereocenters. The second-order valence-electron chi connectivity index (χ2n) is 8.75. The van der Waals surface area contributed by atoms with Gasteiger partial charge in [0.15, 0.2) is 5.13 Å². The van der Waals surface area contributed by atoms with E-state index in [-0.39, 0.29) is 18.5 Å². The topological polar surface area (TPSA) is 59.5 Å². The molecule has 0 aliphatic heterocycles. The van der Waals surface area contributed by atoms with E-state index in [1.54, 1.807) is 11.0 Å². The lowest BCUT2D eigenvalue weighted by Gasteiger charge is -2.39. The van der Waals surface area contributed by atoms with Gasteiger partial charge in [-0.05, 0) is 62.4 Å². The van der Waals surface area contributed by atoms with E-state index < -0.39 is 5.41 Å². The Kier molecular flexibility index (Phi) is 6.59. The maximum Gasteiger partial charge on any atom is 0.316 e. The van der Waals surface area contributed by atoms with Crippen LogP contribution in [0.5, 0.6) is 0 Å². The quantitative estimate of drug-likeness (QED) is 0.373. The number of rotatable bonds is 6. The van der Waals surface area contributed by atoms with E-state index in [1.807, 2.05) is 44.4 Å². The first-order valence-corrected chi connectivity index (χ1v) is 12.2. The Balaban J connectivity index is 1.53. The van der Waals surface area contributed by atoms with Crippen LogP contribution in [0.15, 0.2) is 41.8 Å². The van der Waals surface area contributed by atoms with Crippen LogP contribution in [-0.2, 0) is 26.3 Å². The Morgan fingerprint density at radius 1 is 1.15 bits per heavy atom. The molecule has 0 bridgehead atoms. The zero-order valence-electron chi connectivity index (χ0n) is 19.3. The number of thiazole rings is 1. The van der Waals surface area contributed by atoms with Crippen molar-refractivity contribution in [3.8, 4) is 0 Å². The SMILES string of the molecule is CC(=O)N(c1nc(COC(=O)C2(c3cccc(Cl)c3)CCC2)cs1)c1c(C)cc(C)cc1C. The summed E-state index contributed by atoms with van der Waals surface area (Å²) in [5, 5.41) is 3.02. The number of hydrogen-bond acceptors (Lipinski definition) is 5. The zero-order valence-corrected chi connectivity index (χ0v) is 20.8. The van der Waals surface area contributed by atoms with Crippen LogP contribution in [0.3, 0.4) is 0 Å². The molecule has 0 unspecified atom stereocenters. The van der Waals surface area contributed by atoms with Gasteiger partial charge in [-0.2, -0.15) is 0 Å². The van der Waals surface area contributed by atoms with Crippen LogP contribution in [0.4, 0.5) is 10.8 Å². The number of ether oxygens (including phenoxy) is 1. The summed E-state index contributed by atoms with van der Waals surface area (Å²) in [5.74, 6) is -0.364. The van der Waals surface area contributed by atoms with Crippen molar-refractivity contribution < 1.29 is 14.3 Å². The number of carbonyl (C=O) groups is 2. The number of carbonyl (C=O) groups excluding carboxylic acids is 2. The van der Waals surface area contributed by atoms with Gasteiger partial charge in [0.25, 0.3) is 0 Å². The predicted molar refractivity (Wildman–Crippen MR) is 132 cm³/mol. The molecule has 1 aliphatic rings. The lowest BCUT2D eigenvalue weighted by atomic mass is 9.64. The van der Waals surface area contributed by atoms with Gasteiger partial charge in [0.2, 0.25) is 5.91 Å². The molecule has 0 spiro atoms. The van der Waals surface area contributed by atoms with E-state index in [4.69, 9.17) is 16.3 Å². The fourth-order valence-corrected chi connectivity index (χ4v) is 5.63. The molecular formula is C26H27ClN2O3S. The molecule has 2 aromatic carbocycles. The maximum absolute atomic E-state index is 13.1. The van der Waals surface area contributed by atoms with Gasteiger partial charge in [0.1, 0.15) is 6.61 Å². The average Bonchev–Trinajstić information content (AvgIpc) is 3.16. The van der Waals surface area contributed by atoms with E-state index in [0.29, 0.717) is 15.8 Å². The van der Waals surface area contributed by atoms with E-state index in [1.165, 1.54) is 18.3 Å². The standard InChI is InChI=1S/C26H27ClN2O3S/c1-16-11-17(2)23(18(3)12-16)29(19(4)30)25-28-22(15-33-25)14-32-24(31)26(9-6-10-26)20-7-5-8-21(27)13-20/h5,7-8,11-13,15H,6,9-10,14H2,1-4H3. The number of esters is 1. The smallest absolute Gasteiger partial charge is 0.316 e. The van der Waals surface area contributed by atoms with Crippen molar-refractivity contribution >= 4 is 45.6 Å². The molecule has 1 saturated carbocycles. The fraction of sp³-hybridized carbons (Fsp3) is 0.346. The van der Waals surface area contributed by atoms with Crippen LogP contribution in [-0.4, -0.2) is 16.9 Å². The van der Waals surface area contributed by atoms with Gasteiger partial charge in [-0.25, -0.2) is 4.98 Å². The first-order chi connectivity index (χ1) is 15.7. The molecule has 3 aromatic rings. The lowest BCUT2D eigenvalue weighted by molar-refractivity contribution is -0.156. The predicted octanol–water partition coefficient (Wildman–Crippen LogP) is 6.57. The molecule has 7 heteroatoms. The Morgan fingerprint density at radius 2 is 1.85 bits per heavy atom. The number of amides is 1. The van der Waals surface area contributed by atoms with Crippen LogP contribution in [0, 0.1) is 20.8 Å². The third kappa shape index (κ3) is 4.55. The van der Waals surface area contributed by atoms with Crippen molar-refractivity contribution in [1.29, 1.82) is 0 Å². The normalized spacial score (nSPS) is 14.5. The van der Waals surface area contributed by atoms with Gasteiger partial charge < -0.3 is 4.74 Å². The van der Waals surface area contributed by atoms with Gasteiger partial charge in [-0.1, -0.05) is 47.9 Å². The summed E-state index contributed by atoms with van der Waals surface area (Å²) in [6.45, 7) is 7.63. The largest absolute Gasteiger partial charge is 0.458 e. The second-order valence-corrected chi connectivity index (χ2v) is 10.0. The molecule has 0 saturated heterocycles. The van der Waals surface area contributed by atoms with Crippen LogP contribution < -0.4 is 4.90 Å². The highest BCUT2D eigenvalue weighted by atomic mass is 35.5. The second kappa shape index (κ2) is 9.27. The molecule has 33 heavy (non-hydrogen) atoms. The van der Waals surface area contributed by atoms with Crippen molar-refractivity contribution in [3.63, 3.8) is 0 Å². The first-order valence-electron chi connectivity index (χ1n) is 11.0. The summed E-state index contributed by atoms with van der Waals surface area (Å²) in [5.41, 5.74) is 4.91. The van der Waals surface area contributed by atoms with Gasteiger partial charge in [0, 0.05) is 17.3 Å². The number of nitrogens with zero attached hydrogens (tertiary/aromatic N) is 2. The molecular weight excluding hydrogens is 456 g/mol. The minimum atomic E-state index is -0.634. The van der Waals surface area contributed by atoms with E-state index in [9.17, 15) is 9.59 Å². The summed E-state index contributed by atoms with van der Waals surface area (Å²) >= 11 is 7.52. The van der Waals surface area contributed by atoms with E-state index in [0.717, 1.165) is 47.2 Å². The minimum Gasteiger partial charge on any atom is -0.458 e. The summed E-state index contributed by atoms with van der Waals surface area (Å²) in [4.78, 5) is 31.9. The molecule has 1 aliphatic carbocycles. The molecule has 1 heterocycles. The van der Waals surface area contributed by atoms with Gasteiger partial charge in [-0.15, -0.1) is 11.3 Å². The average molecular weight is 483 g/mol. The highest BCUT2D eigenvalue weighted by Crippen LogP contribution is 2.45. The number of hydrogen-bond donors (Lipinski definition) is 0. The third-order valence-corrected chi connectivity index (χ3v) is 7.34. The van der Waals surface area contributed by atoms with Crippen molar-refractivity contribution in [2.75, 3.05) is 4.90 Å².